The van der Waals surface area contributed by atoms with Crippen molar-refractivity contribution >= 4 is 11.6 Å². The second-order valence-electron chi connectivity index (χ2n) is 9.34. The van der Waals surface area contributed by atoms with E-state index >= 15 is 0 Å². The Morgan fingerprint density at radius 2 is 2.06 bits per heavy atom. The van der Waals surface area contributed by atoms with E-state index < -0.39 is 11.7 Å². The summed E-state index contributed by atoms with van der Waals surface area (Å²) in [6.45, 7) is 6.61. The van der Waals surface area contributed by atoms with Crippen LogP contribution in [0.25, 0.3) is 0 Å². The van der Waals surface area contributed by atoms with Gasteiger partial charge in [0.05, 0.1) is 23.8 Å². The molecule has 6 nitrogen and oxygen atoms in total. The predicted octanol–water partition coefficient (Wildman–Crippen LogP) is 3.70. The summed E-state index contributed by atoms with van der Waals surface area (Å²) in [5.74, 6) is 0.242. The van der Waals surface area contributed by atoms with Crippen LogP contribution >= 0.6 is 0 Å². The Morgan fingerprint density at radius 1 is 1.30 bits per heavy atom. The molecule has 0 aliphatic carbocycles. The predicted molar refractivity (Wildman–Crippen MR) is 116 cm³/mol. The number of carbonyl (C=O) groups excluding carboxylic acids is 1. The summed E-state index contributed by atoms with van der Waals surface area (Å²) in [4.78, 5) is 17.1. The van der Waals surface area contributed by atoms with Crippen molar-refractivity contribution in [3.63, 3.8) is 0 Å². The largest absolute Gasteiger partial charge is 0.417 e. The highest BCUT2D eigenvalue weighted by Gasteiger charge is 2.51. The van der Waals surface area contributed by atoms with Gasteiger partial charge >= 0.3 is 6.18 Å². The Bertz CT molecular complexity index is 910. The number of likely N-dealkylation sites (tertiary alicyclic amines) is 1. The molecule has 1 aromatic carbocycles. The van der Waals surface area contributed by atoms with E-state index in [9.17, 15) is 18.0 Å². The van der Waals surface area contributed by atoms with E-state index in [1.165, 1.54) is 6.07 Å². The summed E-state index contributed by atoms with van der Waals surface area (Å²) in [6, 6.07) is 5.55. The van der Waals surface area contributed by atoms with Gasteiger partial charge in [-0.25, -0.2) is 0 Å². The Balaban J connectivity index is 1.55. The molecule has 0 unspecified atom stereocenters. The topological polar surface area (TPSA) is 65.8 Å². The number of benzene rings is 1. The van der Waals surface area contributed by atoms with Gasteiger partial charge in [0.15, 0.2) is 0 Å². The Morgan fingerprint density at radius 3 is 2.73 bits per heavy atom. The number of carbonyl (C=O) groups is 1. The number of alkyl halides is 3. The highest BCUT2D eigenvalue weighted by molar-refractivity contribution is 5.79. The van der Waals surface area contributed by atoms with Gasteiger partial charge in [-0.1, -0.05) is 0 Å². The SMILES string of the molecule is CCOC[C@@]12CCN(c3ccc(C#N)c(C(F)(F)F)c3)C[C@@H]1CN(C(=O)C1CCOCC1)C2. The lowest BCUT2D eigenvalue weighted by atomic mass is 9.73. The lowest BCUT2D eigenvalue weighted by Gasteiger charge is -2.44. The third kappa shape index (κ3) is 4.82. The van der Waals surface area contributed by atoms with Gasteiger partial charge in [-0.2, -0.15) is 18.4 Å². The Kier molecular flexibility index (Phi) is 6.87. The van der Waals surface area contributed by atoms with Crippen LogP contribution in [0.3, 0.4) is 0 Å². The second-order valence-corrected chi connectivity index (χ2v) is 9.34. The molecule has 0 aromatic heterocycles. The zero-order valence-corrected chi connectivity index (χ0v) is 18.9. The van der Waals surface area contributed by atoms with Crippen molar-refractivity contribution in [1.29, 1.82) is 5.26 Å². The molecule has 4 rings (SSSR count). The Labute approximate surface area is 192 Å². The minimum Gasteiger partial charge on any atom is -0.381 e. The fourth-order valence-corrected chi connectivity index (χ4v) is 5.49. The number of anilines is 1. The van der Waals surface area contributed by atoms with Crippen molar-refractivity contribution in [3.05, 3.63) is 29.3 Å². The number of amides is 1. The van der Waals surface area contributed by atoms with Gasteiger partial charge < -0.3 is 19.3 Å². The van der Waals surface area contributed by atoms with E-state index in [2.05, 4.69) is 0 Å². The van der Waals surface area contributed by atoms with Crippen LogP contribution in [0.4, 0.5) is 18.9 Å². The Hall–Kier alpha value is -2.31. The number of nitriles is 1. The van der Waals surface area contributed by atoms with Crippen LogP contribution in [0.15, 0.2) is 18.2 Å². The molecule has 180 valence electrons. The third-order valence-electron chi connectivity index (χ3n) is 7.40. The van der Waals surface area contributed by atoms with E-state index in [4.69, 9.17) is 14.7 Å². The molecule has 2 atom stereocenters. The van der Waals surface area contributed by atoms with Crippen molar-refractivity contribution in [3.8, 4) is 6.07 Å². The molecule has 9 heteroatoms. The number of halogens is 3. The summed E-state index contributed by atoms with van der Waals surface area (Å²) < 4.78 is 51.6. The number of hydrogen-bond acceptors (Lipinski definition) is 5. The average Bonchev–Trinajstić information content (AvgIpc) is 3.21. The maximum atomic E-state index is 13.5. The number of ether oxygens (including phenoxy) is 2. The molecule has 1 aromatic rings. The van der Waals surface area contributed by atoms with Gasteiger partial charge in [0, 0.05) is 68.9 Å². The van der Waals surface area contributed by atoms with Crippen molar-refractivity contribution in [2.24, 2.45) is 17.3 Å². The molecule has 0 radical (unpaired) electrons. The van der Waals surface area contributed by atoms with Gasteiger partial charge in [0.2, 0.25) is 5.91 Å². The third-order valence-corrected chi connectivity index (χ3v) is 7.40. The molecule has 0 N–H and O–H groups in total. The number of rotatable bonds is 5. The van der Waals surface area contributed by atoms with Gasteiger partial charge in [-0.3, -0.25) is 4.79 Å². The van der Waals surface area contributed by atoms with Gasteiger partial charge in [0.25, 0.3) is 0 Å². The first-order valence-corrected chi connectivity index (χ1v) is 11.6. The first-order valence-electron chi connectivity index (χ1n) is 11.6. The minimum absolute atomic E-state index is 0.0213. The van der Waals surface area contributed by atoms with Crippen LogP contribution in [-0.2, 0) is 20.4 Å². The molecule has 0 spiro atoms. The van der Waals surface area contributed by atoms with E-state index in [1.54, 1.807) is 12.1 Å². The molecule has 3 aliphatic heterocycles. The summed E-state index contributed by atoms with van der Waals surface area (Å²) in [7, 11) is 0. The average molecular weight is 466 g/mol. The maximum Gasteiger partial charge on any atom is 0.417 e. The van der Waals surface area contributed by atoms with Gasteiger partial charge in [-0.15, -0.1) is 0 Å². The number of fused-ring (bicyclic) bond motifs is 1. The molecule has 1 amide bonds. The van der Waals surface area contributed by atoms with Crippen LogP contribution in [-0.4, -0.2) is 63.4 Å². The monoisotopic (exact) mass is 465 g/mol. The van der Waals surface area contributed by atoms with Crippen LogP contribution in [0.2, 0.25) is 0 Å². The number of piperidine rings is 1. The highest BCUT2D eigenvalue weighted by Crippen LogP contribution is 2.45. The summed E-state index contributed by atoms with van der Waals surface area (Å²) >= 11 is 0. The van der Waals surface area contributed by atoms with E-state index in [0.29, 0.717) is 58.3 Å². The minimum atomic E-state index is -4.59. The highest BCUT2D eigenvalue weighted by atomic mass is 19.4. The molecule has 3 saturated heterocycles. The molecular formula is C24H30F3N3O3. The van der Waals surface area contributed by atoms with E-state index in [0.717, 1.165) is 25.3 Å². The van der Waals surface area contributed by atoms with Crippen molar-refractivity contribution in [1.82, 2.24) is 4.90 Å². The van der Waals surface area contributed by atoms with Crippen LogP contribution in [0, 0.1) is 28.6 Å². The van der Waals surface area contributed by atoms with Crippen molar-refractivity contribution in [2.45, 2.75) is 32.4 Å². The zero-order chi connectivity index (χ0) is 23.6. The summed E-state index contributed by atoms with van der Waals surface area (Å²) in [5.41, 5.74) is -1.01. The lowest BCUT2D eigenvalue weighted by molar-refractivity contribution is -0.138. The molecule has 3 fully saturated rings. The van der Waals surface area contributed by atoms with E-state index in [1.807, 2.05) is 16.7 Å². The molecule has 3 heterocycles. The first-order chi connectivity index (χ1) is 15.8. The fourth-order valence-electron chi connectivity index (χ4n) is 5.49. The van der Waals surface area contributed by atoms with E-state index in [-0.39, 0.29) is 28.7 Å². The van der Waals surface area contributed by atoms with Gasteiger partial charge in [0.1, 0.15) is 0 Å². The second kappa shape index (κ2) is 9.51. The van der Waals surface area contributed by atoms with Crippen molar-refractivity contribution in [2.75, 3.05) is 57.5 Å². The normalized spacial score (nSPS) is 26.2. The molecular weight excluding hydrogens is 435 g/mol. The van der Waals surface area contributed by atoms with Crippen molar-refractivity contribution < 1.29 is 27.4 Å². The molecule has 33 heavy (non-hydrogen) atoms. The van der Waals surface area contributed by atoms with Crippen LogP contribution < -0.4 is 4.90 Å². The first kappa shape index (κ1) is 23.8. The number of hydrogen-bond donors (Lipinski definition) is 0. The van der Waals surface area contributed by atoms with Crippen LogP contribution in [0.1, 0.15) is 37.3 Å². The fraction of sp³-hybridized carbons (Fsp3) is 0.667. The summed E-state index contributed by atoms with van der Waals surface area (Å²) in [5, 5.41) is 9.09. The molecule has 0 saturated carbocycles. The van der Waals surface area contributed by atoms with Crippen LogP contribution in [0.5, 0.6) is 0 Å². The smallest absolute Gasteiger partial charge is 0.381 e. The number of nitrogens with zero attached hydrogens (tertiary/aromatic N) is 3. The quantitative estimate of drug-likeness (QED) is 0.664. The molecule has 3 aliphatic rings. The summed E-state index contributed by atoms with van der Waals surface area (Å²) in [6.07, 6.45) is -2.39. The maximum absolute atomic E-state index is 13.5. The lowest BCUT2D eigenvalue weighted by Crippen LogP contribution is -2.49. The standard InChI is InChI=1S/C24H30F3N3O3/c1-2-32-16-23-7-8-29(20-4-3-18(12-28)21(11-20)24(25,26)27)13-19(23)14-30(15-23)22(31)17-5-9-33-10-6-17/h3-4,11,17,19H,2,5-10,13-16H2,1H3/t19-,23+/m1/s1. The van der Waals surface area contributed by atoms with Gasteiger partial charge in [-0.05, 0) is 44.4 Å². The molecule has 0 bridgehead atoms. The zero-order valence-electron chi connectivity index (χ0n) is 18.9.